The van der Waals surface area contributed by atoms with Crippen LogP contribution in [0.15, 0.2) is 11.5 Å². The van der Waals surface area contributed by atoms with Gasteiger partial charge in [-0.1, -0.05) is 23.4 Å². The average molecular weight is 747 g/mol. The molecule has 0 saturated carbocycles. The van der Waals surface area contributed by atoms with Gasteiger partial charge in [-0.25, -0.2) is 19.9 Å². The molecule has 5 fully saturated rings. The second-order valence-electron chi connectivity index (χ2n) is 15.6. The summed E-state index contributed by atoms with van der Waals surface area (Å²) < 4.78 is 4.48. The smallest absolute Gasteiger partial charge is 0.345 e. The maximum absolute atomic E-state index is 12.7. The molecule has 5 aliphatic rings. The van der Waals surface area contributed by atoms with Gasteiger partial charge < -0.3 is 32.6 Å². The third-order valence-electron chi connectivity index (χ3n) is 13.6. The van der Waals surface area contributed by atoms with Gasteiger partial charge in [-0.15, -0.1) is 0 Å². The maximum Gasteiger partial charge on any atom is 0.353 e. The molecule has 278 valence electrons. The zero-order valence-corrected chi connectivity index (χ0v) is 32.2. The molecule has 0 N–H and O–H groups in total. The van der Waals surface area contributed by atoms with Crippen molar-refractivity contribution in [1.82, 2.24) is 19.9 Å². The first-order chi connectivity index (χ1) is 24.6. The molecule has 51 heavy (non-hydrogen) atoms. The van der Waals surface area contributed by atoms with Gasteiger partial charge in [-0.2, -0.15) is 0 Å². The van der Waals surface area contributed by atoms with E-state index in [0.29, 0.717) is 28.2 Å². The van der Waals surface area contributed by atoms with Crippen molar-refractivity contribution in [3.05, 3.63) is 27.2 Å². The normalized spacial score (nSPS) is 23.9. The molecule has 5 saturated heterocycles. The van der Waals surface area contributed by atoms with Crippen molar-refractivity contribution in [2.75, 3.05) is 165 Å². The monoisotopic (exact) mass is 746 g/mol. The Kier molecular flexibility index (Phi) is 10.4. The van der Waals surface area contributed by atoms with Crippen LogP contribution in [0.4, 0.5) is 23.1 Å². The van der Waals surface area contributed by atoms with E-state index in [1.54, 1.807) is 0 Å². The SMILES string of the molecule is CC[N+]1(CC)CC[N+]2(CCN(c3ncnc(N4CC[N+]5(CC4)CC[N+]4(CCN(c6nc(SC)nc(Cl)c6C=O)CC4)CC5)c3[N+](=O)[O-])CC2)CC1. The van der Waals surface area contributed by atoms with Crippen LogP contribution in [0, 0.1) is 10.1 Å². The van der Waals surface area contributed by atoms with E-state index in [9.17, 15) is 14.9 Å². The van der Waals surface area contributed by atoms with Crippen molar-refractivity contribution >= 4 is 52.8 Å². The minimum Gasteiger partial charge on any atom is -0.345 e. The molecule has 0 unspecified atom stereocenters. The Hall–Kier alpha value is -2.89. The van der Waals surface area contributed by atoms with E-state index >= 15 is 0 Å². The summed E-state index contributed by atoms with van der Waals surface area (Å²) in [5, 5.41) is 13.4. The van der Waals surface area contributed by atoms with Crippen LogP contribution in [0.1, 0.15) is 24.2 Å². The number of nitro groups is 1. The first kappa shape index (κ1) is 36.5. The Bertz CT molecular complexity index is 1580. The summed E-state index contributed by atoms with van der Waals surface area (Å²) >= 11 is 7.76. The van der Waals surface area contributed by atoms with Gasteiger partial charge in [0.1, 0.15) is 69.7 Å². The topological polar surface area (TPSA) is 121 Å². The molecule has 0 aliphatic carbocycles. The predicted octanol–water partition coefficient (Wildman–Crippen LogP) is 1.86. The number of hydrogen-bond acceptors (Lipinski definition) is 11. The Morgan fingerprint density at radius 3 is 1.51 bits per heavy atom. The largest absolute Gasteiger partial charge is 0.353 e. The molecule has 2 aromatic rings. The van der Waals surface area contributed by atoms with Crippen LogP contribution >= 0.6 is 23.4 Å². The number of rotatable bonds is 8. The molecule has 17 heteroatoms. The average Bonchev–Trinajstić information content (AvgIpc) is 3.17. The quantitative estimate of drug-likeness (QED) is 0.0749. The summed E-state index contributed by atoms with van der Waals surface area (Å²) in [5.41, 5.74) is 0.441. The summed E-state index contributed by atoms with van der Waals surface area (Å²) in [7, 11) is 0. The number of carbonyl (C=O) groups excluding carboxylic acids is 1. The standard InChI is InChI=1S/C34H55ClN12O3S/c1-4-44(5-2)18-20-45(21-19-44)14-8-41(9-15-45)32-29(43(49)50)33(37-27-36-32)42-10-16-47(17-11-42)24-22-46(23-25-47)12-6-40(7-13-46)31-28(26-48)30(35)38-34(39-31)51-3/h26-27H,4-25H2,1-3H3/q+4. The van der Waals surface area contributed by atoms with Crippen LogP contribution in [-0.4, -0.2) is 199 Å². The van der Waals surface area contributed by atoms with Crippen LogP contribution in [0.5, 0.6) is 0 Å². The fourth-order valence-electron chi connectivity index (χ4n) is 9.48. The molecule has 7 heterocycles. The zero-order chi connectivity index (χ0) is 35.9. The van der Waals surface area contributed by atoms with E-state index in [1.807, 2.05) is 6.26 Å². The number of aromatic nitrogens is 4. The Balaban J connectivity index is 0.956. The number of hydrogen-bond donors (Lipinski definition) is 0. The number of anilines is 3. The third kappa shape index (κ3) is 6.99. The number of halogens is 1. The number of carbonyl (C=O) groups is 1. The number of likely N-dealkylation sites (N-methyl/N-ethyl adjacent to an activating group) is 1. The van der Waals surface area contributed by atoms with Crippen molar-refractivity contribution in [3.63, 3.8) is 0 Å². The number of aldehydes is 1. The molecule has 0 bridgehead atoms. The van der Waals surface area contributed by atoms with Gasteiger partial charge in [-0.3, -0.25) is 14.9 Å². The molecule has 5 aliphatic heterocycles. The molecule has 0 aromatic carbocycles. The number of quaternary nitrogens is 4. The maximum atomic E-state index is 12.7. The predicted molar refractivity (Wildman–Crippen MR) is 200 cm³/mol. The van der Waals surface area contributed by atoms with Gasteiger partial charge >= 0.3 is 5.69 Å². The van der Waals surface area contributed by atoms with Crippen LogP contribution in [0.2, 0.25) is 5.15 Å². The number of nitrogens with zero attached hydrogens (tertiary/aromatic N) is 12. The minimum atomic E-state index is -0.248. The summed E-state index contributed by atoms with van der Waals surface area (Å²) in [6.07, 6.45) is 4.22. The molecule has 7 rings (SSSR count). The second-order valence-corrected chi connectivity index (χ2v) is 16.7. The van der Waals surface area contributed by atoms with Gasteiger partial charge in [0.2, 0.25) is 11.6 Å². The first-order valence-electron chi connectivity index (χ1n) is 18.8. The van der Waals surface area contributed by atoms with Crippen molar-refractivity contribution in [2.45, 2.75) is 19.0 Å². The van der Waals surface area contributed by atoms with Crippen molar-refractivity contribution in [3.8, 4) is 0 Å². The Morgan fingerprint density at radius 1 is 0.725 bits per heavy atom. The molecular formula is C34H55ClN12O3S+4. The van der Waals surface area contributed by atoms with E-state index in [-0.39, 0.29) is 15.8 Å². The summed E-state index contributed by atoms with van der Waals surface area (Å²) in [5.74, 6) is 1.61. The van der Waals surface area contributed by atoms with Gasteiger partial charge in [0.05, 0.1) is 102 Å². The molecule has 2 aromatic heterocycles. The molecular weight excluding hydrogens is 692 g/mol. The Morgan fingerprint density at radius 2 is 1.14 bits per heavy atom. The third-order valence-corrected chi connectivity index (χ3v) is 14.5. The van der Waals surface area contributed by atoms with Crippen LogP contribution < -0.4 is 14.7 Å². The van der Waals surface area contributed by atoms with Gasteiger partial charge in [-0.05, 0) is 20.1 Å². The molecule has 0 atom stereocenters. The Labute approximate surface area is 310 Å². The number of thioether (sulfide) groups is 1. The molecule has 0 radical (unpaired) electrons. The fraction of sp³-hybridized carbons (Fsp3) is 0.735. The molecule has 3 spiro atoms. The van der Waals surface area contributed by atoms with E-state index in [2.05, 4.69) is 48.5 Å². The van der Waals surface area contributed by atoms with Gasteiger partial charge in [0.15, 0.2) is 11.4 Å². The minimum absolute atomic E-state index is 0.0686. The van der Waals surface area contributed by atoms with E-state index < -0.39 is 0 Å². The lowest BCUT2D eigenvalue weighted by Gasteiger charge is -2.54. The van der Waals surface area contributed by atoms with E-state index in [0.717, 1.165) is 124 Å². The zero-order valence-electron chi connectivity index (χ0n) is 30.6. The highest BCUT2D eigenvalue weighted by molar-refractivity contribution is 7.98. The van der Waals surface area contributed by atoms with Crippen molar-refractivity contribution < 1.29 is 27.6 Å². The lowest BCUT2D eigenvalue weighted by atomic mass is 10.1. The van der Waals surface area contributed by atoms with Crippen LogP contribution in [0.3, 0.4) is 0 Å². The summed E-state index contributed by atoms with van der Waals surface area (Å²) in [6, 6.07) is 0. The summed E-state index contributed by atoms with van der Waals surface area (Å²) in [6.45, 7) is 27.0. The lowest BCUT2D eigenvalue weighted by molar-refractivity contribution is -1.03. The van der Waals surface area contributed by atoms with Crippen LogP contribution in [-0.2, 0) is 0 Å². The highest BCUT2D eigenvalue weighted by Gasteiger charge is 2.47. The van der Waals surface area contributed by atoms with Crippen molar-refractivity contribution in [2.24, 2.45) is 0 Å². The fourth-order valence-corrected chi connectivity index (χ4v) is 10.1. The highest BCUT2D eigenvalue weighted by Crippen LogP contribution is 2.37. The van der Waals surface area contributed by atoms with E-state index in [1.165, 1.54) is 61.8 Å². The lowest BCUT2D eigenvalue weighted by Crippen LogP contribution is -2.73. The molecule has 0 amide bonds. The van der Waals surface area contributed by atoms with Crippen molar-refractivity contribution in [1.29, 1.82) is 0 Å². The number of piperazine rings is 5. The highest BCUT2D eigenvalue weighted by atomic mass is 35.5. The summed E-state index contributed by atoms with van der Waals surface area (Å²) in [4.78, 5) is 48.7. The first-order valence-corrected chi connectivity index (χ1v) is 20.4. The van der Waals surface area contributed by atoms with Gasteiger partial charge in [0.25, 0.3) is 0 Å². The van der Waals surface area contributed by atoms with Crippen LogP contribution in [0.25, 0.3) is 0 Å². The second kappa shape index (κ2) is 14.5. The van der Waals surface area contributed by atoms with E-state index in [4.69, 9.17) is 11.6 Å². The molecule has 15 nitrogen and oxygen atoms in total. The van der Waals surface area contributed by atoms with Gasteiger partial charge in [0, 0.05) is 0 Å².